The first kappa shape index (κ1) is 19.3. The molecule has 1 aliphatic carbocycles. The van der Waals surface area contributed by atoms with Crippen LogP contribution in [0.2, 0.25) is 0 Å². The minimum atomic E-state index is 0.235. The molecule has 4 nitrogen and oxygen atoms in total. The summed E-state index contributed by atoms with van der Waals surface area (Å²) >= 11 is 0. The van der Waals surface area contributed by atoms with Crippen LogP contribution < -0.4 is 0 Å². The minimum Gasteiger partial charge on any atom is -0.342 e. The van der Waals surface area contributed by atoms with Crippen LogP contribution >= 0.6 is 0 Å². The van der Waals surface area contributed by atoms with E-state index in [1.807, 2.05) is 18.2 Å². The molecule has 4 heteroatoms. The van der Waals surface area contributed by atoms with Crippen LogP contribution in [0.25, 0.3) is 11.1 Å². The van der Waals surface area contributed by atoms with Gasteiger partial charge in [0.05, 0.1) is 6.42 Å². The van der Waals surface area contributed by atoms with Crippen LogP contribution in [0.3, 0.4) is 0 Å². The molecule has 156 valence electrons. The van der Waals surface area contributed by atoms with E-state index in [-0.39, 0.29) is 5.91 Å². The first-order valence-electron chi connectivity index (χ1n) is 11.4. The Hall–Kier alpha value is -2.62. The molecule has 30 heavy (non-hydrogen) atoms. The lowest BCUT2D eigenvalue weighted by atomic mass is 9.83. The van der Waals surface area contributed by atoms with E-state index >= 15 is 0 Å². The third kappa shape index (κ3) is 4.00. The van der Waals surface area contributed by atoms with E-state index in [4.69, 9.17) is 0 Å². The first-order valence-corrected chi connectivity index (χ1v) is 11.4. The number of piperidine rings is 2. The Balaban J connectivity index is 1.22. The Morgan fingerprint density at radius 3 is 2.30 bits per heavy atom. The van der Waals surface area contributed by atoms with Crippen molar-refractivity contribution < 1.29 is 9.59 Å². The summed E-state index contributed by atoms with van der Waals surface area (Å²) in [5, 5.41) is 0. The largest absolute Gasteiger partial charge is 0.342 e. The summed E-state index contributed by atoms with van der Waals surface area (Å²) < 4.78 is 0. The SMILES string of the molecule is O=C(C1CC1)N1CC[C@H]2[C@H](CCCN2C(=O)Cc2ccc(-c3ccccc3)cc2)C1. The highest BCUT2D eigenvalue weighted by molar-refractivity contribution is 5.81. The molecule has 2 amide bonds. The maximum atomic E-state index is 13.2. The molecule has 2 aromatic carbocycles. The molecular formula is C26H30N2O2. The molecule has 2 aromatic rings. The van der Waals surface area contributed by atoms with Crippen molar-refractivity contribution in [3.63, 3.8) is 0 Å². The van der Waals surface area contributed by atoms with Crippen LogP contribution in [-0.4, -0.2) is 47.3 Å². The lowest BCUT2D eigenvalue weighted by Gasteiger charge is -2.47. The van der Waals surface area contributed by atoms with Crippen LogP contribution in [0.4, 0.5) is 0 Å². The van der Waals surface area contributed by atoms with Gasteiger partial charge in [-0.15, -0.1) is 0 Å². The Morgan fingerprint density at radius 1 is 0.833 bits per heavy atom. The van der Waals surface area contributed by atoms with Gasteiger partial charge in [0.25, 0.3) is 0 Å². The van der Waals surface area contributed by atoms with Crippen LogP contribution in [0.1, 0.15) is 37.7 Å². The highest BCUT2D eigenvalue weighted by atomic mass is 16.2. The number of fused-ring (bicyclic) bond motifs is 1. The summed E-state index contributed by atoms with van der Waals surface area (Å²) in [6, 6.07) is 19.0. The molecular weight excluding hydrogens is 372 g/mol. The van der Waals surface area contributed by atoms with Gasteiger partial charge < -0.3 is 9.80 Å². The minimum absolute atomic E-state index is 0.235. The molecule has 2 heterocycles. The van der Waals surface area contributed by atoms with Crippen LogP contribution in [-0.2, 0) is 16.0 Å². The van der Waals surface area contributed by atoms with E-state index in [1.54, 1.807) is 0 Å². The monoisotopic (exact) mass is 402 g/mol. The molecule has 0 spiro atoms. The van der Waals surface area contributed by atoms with Crippen molar-refractivity contribution in [2.45, 2.75) is 44.6 Å². The van der Waals surface area contributed by atoms with E-state index in [0.29, 0.717) is 30.2 Å². The Bertz CT molecular complexity index is 904. The van der Waals surface area contributed by atoms with Crippen molar-refractivity contribution in [2.75, 3.05) is 19.6 Å². The van der Waals surface area contributed by atoms with Crippen molar-refractivity contribution in [1.29, 1.82) is 0 Å². The second-order valence-corrected chi connectivity index (χ2v) is 9.14. The summed E-state index contributed by atoms with van der Waals surface area (Å²) in [7, 11) is 0. The van der Waals surface area contributed by atoms with Gasteiger partial charge in [-0.25, -0.2) is 0 Å². The molecule has 0 radical (unpaired) electrons. The van der Waals surface area contributed by atoms with Crippen molar-refractivity contribution >= 4 is 11.8 Å². The number of benzene rings is 2. The molecule has 0 aromatic heterocycles. The molecule has 5 rings (SSSR count). The third-order valence-electron chi connectivity index (χ3n) is 7.04. The van der Waals surface area contributed by atoms with Gasteiger partial charge in [-0.3, -0.25) is 9.59 Å². The number of likely N-dealkylation sites (tertiary alicyclic amines) is 2. The second-order valence-electron chi connectivity index (χ2n) is 9.14. The summed E-state index contributed by atoms with van der Waals surface area (Å²) in [6.45, 7) is 2.51. The Morgan fingerprint density at radius 2 is 1.57 bits per heavy atom. The Labute approximate surface area is 178 Å². The zero-order valence-corrected chi connectivity index (χ0v) is 17.5. The van der Waals surface area contributed by atoms with Gasteiger partial charge in [-0.2, -0.15) is 0 Å². The van der Waals surface area contributed by atoms with Gasteiger partial charge in [-0.1, -0.05) is 54.6 Å². The zero-order valence-electron chi connectivity index (χ0n) is 17.5. The van der Waals surface area contributed by atoms with E-state index in [1.165, 1.54) is 11.1 Å². The maximum absolute atomic E-state index is 13.2. The standard InChI is InChI=1S/C26H30N2O2/c29-25(17-19-8-10-21(11-9-19)20-5-2-1-3-6-20)28-15-4-7-23-18-27(16-14-24(23)28)26(30)22-12-13-22/h1-3,5-6,8-11,22-24H,4,7,12-18H2/t23-,24+/m1/s1. The summed E-state index contributed by atoms with van der Waals surface area (Å²) in [5.41, 5.74) is 3.45. The van der Waals surface area contributed by atoms with Gasteiger partial charge in [0.2, 0.25) is 11.8 Å². The number of hydrogen-bond donors (Lipinski definition) is 0. The van der Waals surface area contributed by atoms with Crippen molar-refractivity contribution in [3.8, 4) is 11.1 Å². The highest BCUT2D eigenvalue weighted by Gasteiger charge is 2.41. The normalized spacial score (nSPS) is 23.7. The highest BCUT2D eigenvalue weighted by Crippen LogP contribution is 2.36. The molecule has 0 N–H and O–H groups in total. The van der Waals surface area contributed by atoms with E-state index in [2.05, 4.69) is 46.2 Å². The summed E-state index contributed by atoms with van der Waals surface area (Å²) in [5.74, 6) is 1.33. The Kier molecular flexibility index (Phi) is 5.32. The van der Waals surface area contributed by atoms with Gasteiger partial charge in [-0.05, 0) is 54.7 Å². The first-order chi connectivity index (χ1) is 14.7. The third-order valence-corrected chi connectivity index (χ3v) is 7.04. The van der Waals surface area contributed by atoms with Crippen LogP contribution in [0.15, 0.2) is 54.6 Å². The van der Waals surface area contributed by atoms with Crippen LogP contribution in [0, 0.1) is 11.8 Å². The molecule has 2 atom stereocenters. The topological polar surface area (TPSA) is 40.6 Å². The predicted molar refractivity (Wildman–Crippen MR) is 118 cm³/mol. The molecule has 0 bridgehead atoms. The average Bonchev–Trinajstić information content (AvgIpc) is 3.64. The molecule has 2 aliphatic heterocycles. The summed E-state index contributed by atoms with van der Waals surface area (Å²) in [6.07, 6.45) is 5.71. The molecule has 2 saturated heterocycles. The number of nitrogens with zero attached hydrogens (tertiary/aromatic N) is 2. The fourth-order valence-electron chi connectivity index (χ4n) is 5.22. The number of hydrogen-bond acceptors (Lipinski definition) is 2. The van der Waals surface area contributed by atoms with E-state index in [9.17, 15) is 9.59 Å². The van der Waals surface area contributed by atoms with Gasteiger partial charge in [0.15, 0.2) is 0 Å². The average molecular weight is 403 g/mol. The summed E-state index contributed by atoms with van der Waals surface area (Å²) in [4.78, 5) is 29.8. The lowest BCUT2D eigenvalue weighted by Crippen LogP contribution is -2.57. The number of amides is 2. The van der Waals surface area contributed by atoms with Crippen molar-refractivity contribution in [1.82, 2.24) is 9.80 Å². The molecule has 3 aliphatic rings. The molecule has 0 unspecified atom stereocenters. The van der Waals surface area contributed by atoms with Crippen molar-refractivity contribution in [2.24, 2.45) is 11.8 Å². The zero-order chi connectivity index (χ0) is 20.5. The fraction of sp³-hybridized carbons (Fsp3) is 0.462. The quantitative estimate of drug-likeness (QED) is 0.771. The molecule has 1 saturated carbocycles. The second kappa shape index (κ2) is 8.25. The molecule has 3 fully saturated rings. The van der Waals surface area contributed by atoms with E-state index < -0.39 is 0 Å². The van der Waals surface area contributed by atoms with Gasteiger partial charge in [0.1, 0.15) is 0 Å². The van der Waals surface area contributed by atoms with Crippen molar-refractivity contribution in [3.05, 3.63) is 60.2 Å². The number of carbonyl (C=O) groups is 2. The van der Waals surface area contributed by atoms with Gasteiger partial charge in [0, 0.05) is 31.6 Å². The van der Waals surface area contributed by atoms with Crippen LogP contribution in [0.5, 0.6) is 0 Å². The maximum Gasteiger partial charge on any atom is 0.227 e. The fourth-order valence-corrected chi connectivity index (χ4v) is 5.22. The predicted octanol–water partition coefficient (Wildman–Crippen LogP) is 4.15. The van der Waals surface area contributed by atoms with E-state index in [0.717, 1.165) is 57.3 Å². The van der Waals surface area contributed by atoms with Gasteiger partial charge >= 0.3 is 0 Å². The smallest absolute Gasteiger partial charge is 0.227 e. The number of rotatable bonds is 4. The lowest BCUT2D eigenvalue weighted by molar-refractivity contribution is -0.141. The number of carbonyl (C=O) groups excluding carboxylic acids is 2.